The lowest BCUT2D eigenvalue weighted by Gasteiger charge is -2.32. The average molecular weight is 654 g/mol. The summed E-state index contributed by atoms with van der Waals surface area (Å²) in [4.78, 5) is 28.2. The molecule has 0 spiro atoms. The van der Waals surface area contributed by atoms with Gasteiger partial charge in [0.15, 0.2) is 9.84 Å². The highest BCUT2D eigenvalue weighted by Gasteiger charge is 2.35. The van der Waals surface area contributed by atoms with Gasteiger partial charge in [-0.15, -0.1) is 0 Å². The molecule has 0 radical (unpaired) electrons. The van der Waals surface area contributed by atoms with Crippen molar-refractivity contribution >= 4 is 21.8 Å². The number of nitrogens with one attached hydrogen (secondary N) is 1. The molecule has 0 heterocycles. The Morgan fingerprint density at radius 1 is 0.978 bits per heavy atom. The summed E-state index contributed by atoms with van der Waals surface area (Å²) in [6.07, 6.45) is 0.284. The molecule has 0 aromatic heterocycles. The van der Waals surface area contributed by atoms with Crippen molar-refractivity contribution in [1.82, 2.24) is 10.2 Å². The van der Waals surface area contributed by atoms with Crippen LogP contribution in [0, 0.1) is 17.6 Å². The van der Waals surface area contributed by atoms with Crippen molar-refractivity contribution in [2.75, 3.05) is 18.8 Å². The molecule has 3 atom stereocenters. The lowest BCUT2D eigenvalue weighted by molar-refractivity contribution is -0.134. The zero-order valence-corrected chi connectivity index (χ0v) is 27.6. The number of hydrogen-bond acceptors (Lipinski definition) is 7. The molecule has 252 valence electrons. The van der Waals surface area contributed by atoms with E-state index in [0.717, 1.165) is 18.2 Å². The first-order valence-electron chi connectivity index (χ1n) is 15.6. The van der Waals surface area contributed by atoms with Gasteiger partial charge in [0.25, 0.3) is 0 Å². The Labute approximate surface area is 266 Å². The SMILES string of the molecule is CCCC(CCC)S(=O)(=O)CC(NC(=O)OCc1ccccc1)C(=O)N(CCC(C)C)C[C@@H](O)[C@@H](N)Cc1cc(F)cc(F)c1. The summed E-state index contributed by atoms with van der Waals surface area (Å²) in [5, 5.41) is 12.8. The number of rotatable bonds is 19. The Kier molecular flexibility index (Phi) is 15.9. The Balaban J connectivity index is 2.32. The first-order valence-corrected chi connectivity index (χ1v) is 17.3. The minimum Gasteiger partial charge on any atom is -0.445 e. The van der Waals surface area contributed by atoms with E-state index < -0.39 is 62.7 Å². The second-order valence-electron chi connectivity index (χ2n) is 12.0. The Morgan fingerprint density at radius 2 is 1.58 bits per heavy atom. The summed E-state index contributed by atoms with van der Waals surface area (Å²) >= 11 is 0. The topological polar surface area (TPSA) is 139 Å². The van der Waals surface area contributed by atoms with Gasteiger partial charge in [-0.3, -0.25) is 4.79 Å². The smallest absolute Gasteiger partial charge is 0.408 e. The molecule has 45 heavy (non-hydrogen) atoms. The second kappa shape index (κ2) is 18.8. The summed E-state index contributed by atoms with van der Waals surface area (Å²) in [5.74, 6) is -2.74. The van der Waals surface area contributed by atoms with Crippen molar-refractivity contribution < 1.29 is 36.6 Å². The minimum atomic E-state index is -3.84. The van der Waals surface area contributed by atoms with E-state index in [1.807, 2.05) is 33.8 Å². The Bertz CT molecular complexity index is 1290. The first kappa shape index (κ1) is 38.1. The molecule has 0 fully saturated rings. The number of benzene rings is 2. The molecular formula is C33H49F2N3O6S. The standard InChI is InChI=1S/C33H49F2N3O6S/c1-5-10-28(11-6-2)45(42,43)22-30(37-33(41)44-21-24-12-8-7-9-13-24)32(40)38(15-14-23(3)4)20-31(39)29(36)18-25-16-26(34)19-27(35)17-25/h7-9,12-13,16-17,19,23,28-31,39H,5-6,10-11,14-15,18,20-22,36H2,1-4H3,(H,37,41)/t29-,30?,31+/m0/s1. The maximum Gasteiger partial charge on any atom is 0.408 e. The van der Waals surface area contributed by atoms with Crippen LogP contribution in [0.3, 0.4) is 0 Å². The van der Waals surface area contributed by atoms with E-state index >= 15 is 0 Å². The molecule has 0 saturated heterocycles. The highest BCUT2D eigenvalue weighted by atomic mass is 32.2. The highest BCUT2D eigenvalue weighted by Crippen LogP contribution is 2.19. The van der Waals surface area contributed by atoms with Gasteiger partial charge in [0.05, 0.1) is 17.1 Å². The summed E-state index contributed by atoms with van der Waals surface area (Å²) < 4.78 is 59.9. The van der Waals surface area contributed by atoms with Gasteiger partial charge in [-0.05, 0) is 54.9 Å². The third-order valence-electron chi connectivity index (χ3n) is 7.51. The van der Waals surface area contributed by atoms with Gasteiger partial charge in [0.1, 0.15) is 24.3 Å². The number of halogens is 2. The molecule has 12 heteroatoms. The lowest BCUT2D eigenvalue weighted by atomic mass is 10.0. The van der Waals surface area contributed by atoms with Crippen LogP contribution in [0.5, 0.6) is 0 Å². The summed E-state index contributed by atoms with van der Waals surface area (Å²) in [7, 11) is -3.84. The number of nitrogens with zero attached hydrogens (tertiary/aromatic N) is 1. The fourth-order valence-corrected chi connectivity index (χ4v) is 7.17. The Morgan fingerprint density at radius 3 is 2.13 bits per heavy atom. The van der Waals surface area contributed by atoms with E-state index in [2.05, 4.69) is 5.32 Å². The average Bonchev–Trinajstić information content (AvgIpc) is 2.97. The Hall–Kier alpha value is -3.09. The van der Waals surface area contributed by atoms with E-state index in [4.69, 9.17) is 10.5 Å². The van der Waals surface area contributed by atoms with Gasteiger partial charge in [-0.1, -0.05) is 70.9 Å². The predicted molar refractivity (Wildman–Crippen MR) is 171 cm³/mol. The predicted octanol–water partition coefficient (Wildman–Crippen LogP) is 4.75. The van der Waals surface area contributed by atoms with Crippen molar-refractivity contribution in [3.8, 4) is 0 Å². The minimum absolute atomic E-state index is 0.0698. The maximum absolute atomic E-state index is 14.0. The number of amides is 2. The largest absolute Gasteiger partial charge is 0.445 e. The van der Waals surface area contributed by atoms with Gasteiger partial charge in [-0.2, -0.15) is 0 Å². The monoisotopic (exact) mass is 653 g/mol. The van der Waals surface area contributed by atoms with Crippen LogP contribution in [0.1, 0.15) is 70.9 Å². The second-order valence-corrected chi connectivity index (χ2v) is 14.3. The number of nitrogens with two attached hydrogens (primary N) is 1. The molecule has 0 aliphatic carbocycles. The van der Waals surface area contributed by atoms with E-state index in [-0.39, 0.29) is 37.6 Å². The quantitative estimate of drug-likeness (QED) is 0.199. The molecule has 2 amide bonds. The van der Waals surface area contributed by atoms with Crippen molar-refractivity contribution in [1.29, 1.82) is 0 Å². The number of hydrogen-bond donors (Lipinski definition) is 3. The van der Waals surface area contributed by atoms with Crippen molar-refractivity contribution in [3.63, 3.8) is 0 Å². The van der Waals surface area contributed by atoms with Crippen molar-refractivity contribution in [2.24, 2.45) is 11.7 Å². The van der Waals surface area contributed by atoms with Gasteiger partial charge in [0, 0.05) is 25.2 Å². The van der Waals surface area contributed by atoms with Gasteiger partial charge in [-0.25, -0.2) is 22.0 Å². The number of carbonyl (C=O) groups is 2. The molecule has 9 nitrogen and oxygen atoms in total. The third kappa shape index (κ3) is 13.4. The number of aliphatic hydroxyl groups excluding tert-OH is 1. The van der Waals surface area contributed by atoms with Crippen LogP contribution in [0.25, 0.3) is 0 Å². The van der Waals surface area contributed by atoms with Gasteiger partial charge < -0.3 is 25.8 Å². The zero-order valence-electron chi connectivity index (χ0n) is 26.8. The third-order valence-corrected chi connectivity index (χ3v) is 9.80. The first-order chi connectivity index (χ1) is 21.2. The molecule has 0 saturated carbocycles. The molecular weight excluding hydrogens is 604 g/mol. The van der Waals surface area contributed by atoms with E-state index in [0.29, 0.717) is 37.7 Å². The molecule has 0 bridgehead atoms. The fourth-order valence-electron chi connectivity index (χ4n) is 5.02. The van der Waals surface area contributed by atoms with Crippen molar-refractivity contribution in [2.45, 2.75) is 96.3 Å². The number of carbonyl (C=O) groups excluding carboxylic acids is 2. The lowest BCUT2D eigenvalue weighted by Crippen LogP contribution is -2.55. The summed E-state index contributed by atoms with van der Waals surface area (Å²) in [6.45, 7) is 7.46. The molecule has 0 aliphatic heterocycles. The molecule has 4 N–H and O–H groups in total. The molecule has 2 rings (SSSR count). The van der Waals surface area contributed by atoms with Gasteiger partial charge >= 0.3 is 6.09 Å². The highest BCUT2D eigenvalue weighted by molar-refractivity contribution is 7.92. The summed E-state index contributed by atoms with van der Waals surface area (Å²) in [5.41, 5.74) is 7.15. The van der Waals surface area contributed by atoms with E-state index in [1.54, 1.807) is 24.3 Å². The maximum atomic E-state index is 14.0. The number of alkyl carbamates (subject to hydrolysis) is 1. The van der Waals surface area contributed by atoms with Crippen LogP contribution in [-0.4, -0.2) is 72.7 Å². The summed E-state index contributed by atoms with van der Waals surface area (Å²) in [6, 6.07) is 9.39. The number of aliphatic hydroxyl groups is 1. The normalized spacial score (nSPS) is 13.8. The molecule has 0 aliphatic rings. The molecule has 2 aromatic carbocycles. The van der Waals surface area contributed by atoms with Crippen LogP contribution in [-0.2, 0) is 32.4 Å². The van der Waals surface area contributed by atoms with E-state index in [9.17, 15) is 31.9 Å². The van der Waals surface area contributed by atoms with Crippen molar-refractivity contribution in [3.05, 3.63) is 71.3 Å². The van der Waals surface area contributed by atoms with Crippen LogP contribution in [0.15, 0.2) is 48.5 Å². The fraction of sp³-hybridized carbons (Fsp3) is 0.576. The van der Waals surface area contributed by atoms with E-state index in [1.165, 1.54) is 4.90 Å². The van der Waals surface area contributed by atoms with Crippen LogP contribution in [0.2, 0.25) is 0 Å². The zero-order chi connectivity index (χ0) is 33.6. The van der Waals surface area contributed by atoms with Crippen LogP contribution >= 0.6 is 0 Å². The number of ether oxygens (including phenoxy) is 1. The van der Waals surface area contributed by atoms with Crippen LogP contribution < -0.4 is 11.1 Å². The molecule has 1 unspecified atom stereocenters. The van der Waals surface area contributed by atoms with Gasteiger partial charge in [0.2, 0.25) is 5.91 Å². The number of sulfone groups is 1. The molecule has 2 aromatic rings. The van der Waals surface area contributed by atoms with Crippen LogP contribution in [0.4, 0.5) is 13.6 Å².